The summed E-state index contributed by atoms with van der Waals surface area (Å²) in [5, 5.41) is 14.4. The third-order valence-electron chi connectivity index (χ3n) is 6.43. The van der Waals surface area contributed by atoms with Gasteiger partial charge in [0.15, 0.2) is 11.5 Å². The molecule has 0 atom stereocenters. The van der Waals surface area contributed by atoms with Gasteiger partial charge in [0.1, 0.15) is 0 Å². The highest BCUT2D eigenvalue weighted by Crippen LogP contribution is 2.29. The fourth-order valence-corrected chi connectivity index (χ4v) is 4.84. The van der Waals surface area contributed by atoms with Gasteiger partial charge in [-0.1, -0.05) is 78.3 Å². The second kappa shape index (κ2) is 10.7. The van der Waals surface area contributed by atoms with Crippen LogP contribution in [0.4, 0.5) is 11.5 Å². The molecule has 0 radical (unpaired) electrons. The standard InChI is InChI=1S/C28H28ClN5O/c29-24-14-6-7-15-25(24)33-17-19-34(20-18-33)27-23-13-5-4-12-22(23)26(31-32-27)28(35)30-16-8-11-21-9-2-1-3-10-21/h1-7,9-10,12-15H,8,11,16-20H2,(H,30,35). The molecular formula is C28H28ClN5O. The lowest BCUT2D eigenvalue weighted by molar-refractivity contribution is 0.0949. The summed E-state index contributed by atoms with van der Waals surface area (Å²) in [5.41, 5.74) is 2.70. The van der Waals surface area contributed by atoms with Crippen LogP contribution in [0.2, 0.25) is 5.02 Å². The highest BCUT2D eigenvalue weighted by molar-refractivity contribution is 6.33. The number of carbonyl (C=O) groups is 1. The largest absolute Gasteiger partial charge is 0.367 e. The number of rotatable bonds is 7. The molecular weight excluding hydrogens is 458 g/mol. The molecule has 1 fully saturated rings. The molecule has 0 saturated carbocycles. The van der Waals surface area contributed by atoms with Gasteiger partial charge in [0.2, 0.25) is 0 Å². The van der Waals surface area contributed by atoms with Gasteiger partial charge in [-0.25, -0.2) is 0 Å². The van der Waals surface area contributed by atoms with Crippen molar-refractivity contribution in [1.82, 2.24) is 15.5 Å². The Balaban J connectivity index is 1.26. The number of hydrogen-bond acceptors (Lipinski definition) is 5. The molecule has 1 N–H and O–H groups in total. The minimum atomic E-state index is -0.183. The maximum absolute atomic E-state index is 12.9. The number of hydrogen-bond donors (Lipinski definition) is 1. The molecule has 0 spiro atoms. The normalized spacial score (nSPS) is 13.7. The molecule has 3 aromatic carbocycles. The van der Waals surface area contributed by atoms with Gasteiger partial charge in [-0.15, -0.1) is 10.2 Å². The number of nitrogens with zero attached hydrogens (tertiary/aromatic N) is 4. The van der Waals surface area contributed by atoms with Crippen molar-refractivity contribution in [3.63, 3.8) is 0 Å². The van der Waals surface area contributed by atoms with Crippen molar-refractivity contribution in [3.8, 4) is 0 Å². The molecule has 4 aromatic rings. The van der Waals surface area contributed by atoms with Gasteiger partial charge in [-0.3, -0.25) is 4.79 Å². The van der Waals surface area contributed by atoms with Crippen molar-refractivity contribution in [2.75, 3.05) is 42.5 Å². The van der Waals surface area contributed by atoms with Crippen LogP contribution >= 0.6 is 11.6 Å². The summed E-state index contributed by atoms with van der Waals surface area (Å²) in [4.78, 5) is 17.5. The van der Waals surface area contributed by atoms with Crippen LogP contribution in [0.3, 0.4) is 0 Å². The molecule has 0 aliphatic carbocycles. The molecule has 1 saturated heterocycles. The summed E-state index contributed by atoms with van der Waals surface area (Å²) in [7, 11) is 0. The number of amides is 1. The van der Waals surface area contributed by atoms with E-state index in [9.17, 15) is 4.79 Å². The van der Waals surface area contributed by atoms with Crippen molar-refractivity contribution >= 4 is 39.8 Å². The van der Waals surface area contributed by atoms with Gasteiger partial charge < -0.3 is 15.1 Å². The first kappa shape index (κ1) is 23.1. The second-order valence-corrected chi connectivity index (χ2v) is 9.10. The minimum Gasteiger partial charge on any atom is -0.367 e. The van der Waals surface area contributed by atoms with E-state index in [4.69, 9.17) is 11.6 Å². The summed E-state index contributed by atoms with van der Waals surface area (Å²) in [5.74, 6) is 0.636. The monoisotopic (exact) mass is 485 g/mol. The molecule has 1 aliphatic rings. The summed E-state index contributed by atoms with van der Waals surface area (Å²) < 4.78 is 0. The summed E-state index contributed by atoms with van der Waals surface area (Å²) in [6.45, 7) is 3.87. The van der Waals surface area contributed by atoms with E-state index in [1.54, 1.807) is 0 Å². The number of para-hydroxylation sites is 1. The Hall–Kier alpha value is -3.64. The smallest absolute Gasteiger partial charge is 0.272 e. The van der Waals surface area contributed by atoms with E-state index in [-0.39, 0.29) is 5.91 Å². The quantitative estimate of drug-likeness (QED) is 0.374. The predicted octanol–water partition coefficient (Wildman–Crippen LogP) is 4.97. The molecule has 0 bridgehead atoms. The number of benzene rings is 3. The summed E-state index contributed by atoms with van der Waals surface area (Å²) in [6.07, 6.45) is 1.79. The number of nitrogens with one attached hydrogen (secondary N) is 1. The van der Waals surface area contributed by atoms with E-state index in [0.29, 0.717) is 12.2 Å². The summed E-state index contributed by atoms with van der Waals surface area (Å²) >= 11 is 6.40. The molecule has 0 unspecified atom stereocenters. The lowest BCUT2D eigenvalue weighted by Gasteiger charge is -2.37. The van der Waals surface area contributed by atoms with Crippen LogP contribution in [0, 0.1) is 0 Å². The molecule has 5 rings (SSSR count). The Morgan fingerprint density at radius 3 is 2.23 bits per heavy atom. The number of aryl methyl sites for hydroxylation is 1. The van der Waals surface area contributed by atoms with Gasteiger partial charge >= 0.3 is 0 Å². The van der Waals surface area contributed by atoms with E-state index >= 15 is 0 Å². The van der Waals surface area contributed by atoms with Gasteiger partial charge in [0.25, 0.3) is 5.91 Å². The highest BCUT2D eigenvalue weighted by Gasteiger charge is 2.23. The summed E-state index contributed by atoms with van der Waals surface area (Å²) in [6, 6.07) is 26.1. The Labute approximate surface area is 210 Å². The highest BCUT2D eigenvalue weighted by atomic mass is 35.5. The van der Waals surface area contributed by atoms with E-state index in [1.165, 1.54) is 5.56 Å². The Morgan fingerprint density at radius 2 is 1.46 bits per heavy atom. The van der Waals surface area contributed by atoms with Crippen LogP contribution in [-0.4, -0.2) is 48.8 Å². The second-order valence-electron chi connectivity index (χ2n) is 8.69. The first-order chi connectivity index (χ1) is 17.2. The molecule has 6 nitrogen and oxygen atoms in total. The van der Waals surface area contributed by atoms with Gasteiger partial charge in [-0.2, -0.15) is 0 Å². The maximum atomic E-state index is 12.9. The van der Waals surface area contributed by atoms with Gasteiger partial charge in [0.05, 0.1) is 10.7 Å². The van der Waals surface area contributed by atoms with E-state index in [2.05, 4.69) is 43.5 Å². The number of carbonyl (C=O) groups excluding carboxylic acids is 1. The van der Waals surface area contributed by atoms with E-state index in [0.717, 1.165) is 66.3 Å². The Bertz CT molecular complexity index is 1310. The van der Waals surface area contributed by atoms with Crippen molar-refractivity contribution in [3.05, 3.63) is 95.1 Å². The lowest BCUT2D eigenvalue weighted by Crippen LogP contribution is -2.47. The zero-order valence-electron chi connectivity index (χ0n) is 19.5. The number of piperazine rings is 1. The average Bonchev–Trinajstić information content (AvgIpc) is 2.91. The average molecular weight is 486 g/mol. The van der Waals surface area contributed by atoms with Crippen LogP contribution in [0.15, 0.2) is 78.9 Å². The van der Waals surface area contributed by atoms with E-state index < -0.39 is 0 Å². The van der Waals surface area contributed by atoms with Gasteiger partial charge in [-0.05, 0) is 30.5 Å². The van der Waals surface area contributed by atoms with Crippen LogP contribution < -0.4 is 15.1 Å². The fourth-order valence-electron chi connectivity index (χ4n) is 4.58. The van der Waals surface area contributed by atoms with Crippen LogP contribution in [0.25, 0.3) is 10.8 Å². The molecule has 1 aliphatic heterocycles. The molecule has 2 heterocycles. The molecule has 35 heavy (non-hydrogen) atoms. The maximum Gasteiger partial charge on any atom is 0.272 e. The van der Waals surface area contributed by atoms with Crippen molar-refractivity contribution < 1.29 is 4.79 Å². The SMILES string of the molecule is O=C(NCCCc1ccccc1)c1nnc(N2CCN(c3ccccc3Cl)CC2)c2ccccc12. The third-order valence-corrected chi connectivity index (χ3v) is 6.75. The van der Waals surface area contributed by atoms with Crippen molar-refractivity contribution in [2.45, 2.75) is 12.8 Å². The van der Waals surface area contributed by atoms with Crippen LogP contribution in [0.5, 0.6) is 0 Å². The topological polar surface area (TPSA) is 61.4 Å². The number of halogens is 1. The lowest BCUT2D eigenvalue weighted by atomic mass is 10.1. The number of fused-ring (bicyclic) bond motifs is 1. The third kappa shape index (κ3) is 5.23. The van der Waals surface area contributed by atoms with E-state index in [1.807, 2.05) is 60.7 Å². The number of anilines is 2. The Morgan fingerprint density at radius 1 is 0.800 bits per heavy atom. The number of aromatic nitrogens is 2. The molecule has 1 amide bonds. The minimum absolute atomic E-state index is 0.183. The first-order valence-electron chi connectivity index (χ1n) is 12.0. The van der Waals surface area contributed by atoms with Crippen LogP contribution in [-0.2, 0) is 6.42 Å². The predicted molar refractivity (Wildman–Crippen MR) is 143 cm³/mol. The zero-order valence-corrected chi connectivity index (χ0v) is 20.3. The first-order valence-corrected chi connectivity index (χ1v) is 12.4. The Kier molecular flexibility index (Phi) is 7.09. The molecule has 7 heteroatoms. The van der Waals surface area contributed by atoms with Crippen molar-refractivity contribution in [1.29, 1.82) is 0 Å². The zero-order chi connectivity index (χ0) is 24.0. The van der Waals surface area contributed by atoms with Gasteiger partial charge in [0, 0.05) is 43.5 Å². The fraction of sp³-hybridized carbons (Fsp3) is 0.250. The van der Waals surface area contributed by atoms with Crippen LogP contribution in [0.1, 0.15) is 22.5 Å². The molecule has 178 valence electrons. The van der Waals surface area contributed by atoms with Crippen molar-refractivity contribution in [2.24, 2.45) is 0 Å². The molecule has 1 aromatic heterocycles.